The molecule has 0 radical (unpaired) electrons. The Morgan fingerprint density at radius 2 is 2.05 bits per heavy atom. The molecule has 106 valence electrons. The topological polar surface area (TPSA) is 24.5 Å². The van der Waals surface area contributed by atoms with E-state index in [4.69, 9.17) is 4.74 Å². The minimum Gasteiger partial charge on any atom is -0.376 e. The first-order valence-corrected chi connectivity index (χ1v) is 7.13. The van der Waals surface area contributed by atoms with Crippen molar-refractivity contribution in [3.8, 4) is 0 Å². The van der Waals surface area contributed by atoms with E-state index in [2.05, 4.69) is 5.32 Å². The zero-order chi connectivity index (χ0) is 13.5. The largest absolute Gasteiger partial charge is 0.376 e. The standard InChI is InChI=1S/C15H23FN2O/c1-2-18(15-6-4-3-5-14(15)16)11-12-19-13-7-9-17-10-8-13/h3-6,13,17H,2,7-12H2,1H3. The molecule has 0 aliphatic carbocycles. The SMILES string of the molecule is CCN(CCOC1CCNCC1)c1ccccc1F. The molecule has 0 unspecified atom stereocenters. The maximum atomic E-state index is 13.7. The summed E-state index contributed by atoms with van der Waals surface area (Å²) in [6.45, 7) is 6.30. The molecule has 1 N–H and O–H groups in total. The summed E-state index contributed by atoms with van der Waals surface area (Å²) in [5.41, 5.74) is 0.666. The Hall–Kier alpha value is -1.13. The molecule has 1 aromatic carbocycles. The van der Waals surface area contributed by atoms with Gasteiger partial charge in [-0.2, -0.15) is 0 Å². The Labute approximate surface area is 114 Å². The molecule has 1 heterocycles. The Morgan fingerprint density at radius 3 is 2.74 bits per heavy atom. The summed E-state index contributed by atoms with van der Waals surface area (Å²) in [7, 11) is 0. The average molecular weight is 266 g/mol. The van der Waals surface area contributed by atoms with Crippen molar-refractivity contribution in [2.75, 3.05) is 37.7 Å². The van der Waals surface area contributed by atoms with E-state index in [1.54, 1.807) is 6.07 Å². The number of hydrogen-bond acceptors (Lipinski definition) is 3. The number of hydrogen-bond donors (Lipinski definition) is 1. The molecule has 0 atom stereocenters. The number of ether oxygens (including phenoxy) is 1. The van der Waals surface area contributed by atoms with Crippen molar-refractivity contribution in [1.82, 2.24) is 5.32 Å². The lowest BCUT2D eigenvalue weighted by molar-refractivity contribution is 0.0372. The monoisotopic (exact) mass is 266 g/mol. The van der Waals surface area contributed by atoms with Crippen molar-refractivity contribution in [1.29, 1.82) is 0 Å². The number of anilines is 1. The van der Waals surface area contributed by atoms with Crippen LogP contribution in [0.2, 0.25) is 0 Å². The molecule has 1 aliphatic heterocycles. The average Bonchev–Trinajstić information content (AvgIpc) is 2.46. The van der Waals surface area contributed by atoms with E-state index < -0.39 is 0 Å². The van der Waals surface area contributed by atoms with Gasteiger partial charge in [-0.15, -0.1) is 0 Å². The third-order valence-corrected chi connectivity index (χ3v) is 3.58. The lowest BCUT2D eigenvalue weighted by Crippen LogP contribution is -2.35. The number of para-hydroxylation sites is 1. The molecule has 2 rings (SSSR count). The zero-order valence-corrected chi connectivity index (χ0v) is 11.6. The molecule has 4 heteroatoms. The summed E-state index contributed by atoms with van der Waals surface area (Å²) < 4.78 is 19.6. The normalized spacial score (nSPS) is 16.5. The van der Waals surface area contributed by atoms with Crippen LogP contribution in [-0.4, -0.2) is 38.9 Å². The van der Waals surface area contributed by atoms with Crippen LogP contribution in [0.4, 0.5) is 10.1 Å². The van der Waals surface area contributed by atoms with E-state index >= 15 is 0 Å². The Kier molecular flexibility index (Phi) is 5.61. The first-order chi connectivity index (χ1) is 9.31. The fourth-order valence-corrected chi connectivity index (χ4v) is 2.45. The minimum atomic E-state index is -0.161. The molecule has 1 aliphatic rings. The highest BCUT2D eigenvalue weighted by molar-refractivity contribution is 5.47. The van der Waals surface area contributed by atoms with E-state index in [1.165, 1.54) is 6.07 Å². The van der Waals surface area contributed by atoms with Crippen LogP contribution in [0.5, 0.6) is 0 Å². The predicted molar refractivity (Wildman–Crippen MR) is 76.1 cm³/mol. The second-order valence-electron chi connectivity index (χ2n) is 4.85. The number of nitrogens with one attached hydrogen (secondary N) is 1. The lowest BCUT2D eigenvalue weighted by Gasteiger charge is -2.27. The van der Waals surface area contributed by atoms with Gasteiger partial charge in [-0.3, -0.25) is 0 Å². The van der Waals surface area contributed by atoms with Gasteiger partial charge in [0.2, 0.25) is 0 Å². The molecule has 1 saturated heterocycles. The lowest BCUT2D eigenvalue weighted by atomic mass is 10.1. The van der Waals surface area contributed by atoms with Gasteiger partial charge < -0.3 is 15.0 Å². The molecule has 0 bridgehead atoms. The van der Waals surface area contributed by atoms with Crippen LogP contribution in [-0.2, 0) is 4.74 Å². The van der Waals surface area contributed by atoms with E-state index in [0.717, 1.165) is 39.0 Å². The van der Waals surface area contributed by atoms with Crippen LogP contribution >= 0.6 is 0 Å². The number of rotatable bonds is 6. The van der Waals surface area contributed by atoms with Gasteiger partial charge in [0.15, 0.2) is 0 Å². The van der Waals surface area contributed by atoms with Gasteiger partial charge >= 0.3 is 0 Å². The number of piperidine rings is 1. The van der Waals surface area contributed by atoms with E-state index in [9.17, 15) is 4.39 Å². The smallest absolute Gasteiger partial charge is 0.146 e. The van der Waals surface area contributed by atoms with Crippen LogP contribution in [0.25, 0.3) is 0 Å². The molecule has 0 spiro atoms. The van der Waals surface area contributed by atoms with E-state index in [1.807, 2.05) is 24.0 Å². The van der Waals surface area contributed by atoms with Crippen molar-refractivity contribution >= 4 is 5.69 Å². The van der Waals surface area contributed by atoms with Crippen molar-refractivity contribution < 1.29 is 9.13 Å². The van der Waals surface area contributed by atoms with Gasteiger partial charge in [-0.1, -0.05) is 12.1 Å². The zero-order valence-electron chi connectivity index (χ0n) is 11.6. The molecule has 1 fully saturated rings. The van der Waals surface area contributed by atoms with Gasteiger partial charge in [-0.05, 0) is 45.0 Å². The number of likely N-dealkylation sites (N-methyl/N-ethyl adjacent to an activating group) is 1. The van der Waals surface area contributed by atoms with E-state index in [0.29, 0.717) is 18.4 Å². The van der Waals surface area contributed by atoms with Crippen molar-refractivity contribution in [3.05, 3.63) is 30.1 Å². The number of nitrogens with zero attached hydrogens (tertiary/aromatic N) is 1. The molecular formula is C15H23FN2O. The summed E-state index contributed by atoms with van der Waals surface area (Å²) in [6.07, 6.45) is 2.51. The Balaban J connectivity index is 1.81. The molecule has 0 amide bonds. The van der Waals surface area contributed by atoms with Crippen LogP contribution in [0.15, 0.2) is 24.3 Å². The molecular weight excluding hydrogens is 243 g/mol. The predicted octanol–water partition coefficient (Wildman–Crippen LogP) is 2.42. The summed E-state index contributed by atoms with van der Waals surface area (Å²) in [6, 6.07) is 6.92. The minimum absolute atomic E-state index is 0.161. The highest BCUT2D eigenvalue weighted by Crippen LogP contribution is 2.18. The maximum absolute atomic E-state index is 13.7. The van der Waals surface area contributed by atoms with E-state index in [-0.39, 0.29) is 5.82 Å². The molecule has 1 aromatic rings. The van der Waals surface area contributed by atoms with Crippen LogP contribution in [0, 0.1) is 5.82 Å². The number of benzene rings is 1. The molecule has 0 saturated carbocycles. The summed E-state index contributed by atoms with van der Waals surface area (Å²) in [5, 5.41) is 3.32. The summed E-state index contributed by atoms with van der Waals surface area (Å²) in [5.74, 6) is -0.161. The fourth-order valence-electron chi connectivity index (χ4n) is 2.45. The quantitative estimate of drug-likeness (QED) is 0.856. The summed E-state index contributed by atoms with van der Waals surface area (Å²) in [4.78, 5) is 2.02. The van der Waals surface area contributed by atoms with Gasteiger partial charge in [-0.25, -0.2) is 4.39 Å². The Bertz CT molecular complexity index is 380. The maximum Gasteiger partial charge on any atom is 0.146 e. The third kappa shape index (κ3) is 4.18. The van der Waals surface area contributed by atoms with Crippen LogP contribution in [0.1, 0.15) is 19.8 Å². The highest BCUT2D eigenvalue weighted by atomic mass is 19.1. The van der Waals surface area contributed by atoms with Gasteiger partial charge in [0.05, 0.1) is 18.4 Å². The van der Waals surface area contributed by atoms with Crippen molar-refractivity contribution in [2.24, 2.45) is 0 Å². The Morgan fingerprint density at radius 1 is 1.32 bits per heavy atom. The first-order valence-electron chi connectivity index (χ1n) is 7.13. The highest BCUT2D eigenvalue weighted by Gasteiger charge is 2.14. The van der Waals surface area contributed by atoms with Crippen LogP contribution in [0.3, 0.4) is 0 Å². The van der Waals surface area contributed by atoms with Gasteiger partial charge in [0, 0.05) is 13.1 Å². The van der Waals surface area contributed by atoms with Crippen molar-refractivity contribution in [3.63, 3.8) is 0 Å². The van der Waals surface area contributed by atoms with Crippen LogP contribution < -0.4 is 10.2 Å². The van der Waals surface area contributed by atoms with Gasteiger partial charge in [0.25, 0.3) is 0 Å². The van der Waals surface area contributed by atoms with Crippen molar-refractivity contribution in [2.45, 2.75) is 25.9 Å². The fraction of sp³-hybridized carbons (Fsp3) is 0.600. The second kappa shape index (κ2) is 7.46. The number of halogens is 1. The first kappa shape index (κ1) is 14.3. The molecule has 19 heavy (non-hydrogen) atoms. The second-order valence-corrected chi connectivity index (χ2v) is 4.85. The third-order valence-electron chi connectivity index (χ3n) is 3.58. The molecule has 3 nitrogen and oxygen atoms in total. The summed E-state index contributed by atoms with van der Waals surface area (Å²) >= 11 is 0. The molecule has 0 aromatic heterocycles. The van der Waals surface area contributed by atoms with Gasteiger partial charge in [0.1, 0.15) is 5.82 Å².